The van der Waals surface area contributed by atoms with Crippen LogP contribution in [-0.4, -0.2) is 98.4 Å². The lowest BCUT2D eigenvalue weighted by atomic mass is 9.80. The van der Waals surface area contributed by atoms with E-state index < -0.39 is 132 Å². The molecule has 32 heteroatoms. The number of aromatic nitrogens is 2. The Hall–Kier alpha value is -11.2. The fourth-order valence-corrected chi connectivity index (χ4v) is 14.3. The summed E-state index contributed by atoms with van der Waals surface area (Å²) >= 11 is 0. The van der Waals surface area contributed by atoms with Gasteiger partial charge in [0.25, 0.3) is 20.0 Å². The molecule has 0 radical (unpaired) electrons. The number of carboxylic acids is 1. The fourth-order valence-electron chi connectivity index (χ4n) is 12.3. The minimum absolute atomic E-state index is 0. The summed E-state index contributed by atoms with van der Waals surface area (Å²) in [6, 6.07) is 42.5. The van der Waals surface area contributed by atoms with Crippen molar-refractivity contribution < 1.29 is 110 Å². The molecule has 5 N–H and O–H groups in total. The van der Waals surface area contributed by atoms with Crippen LogP contribution in [-0.2, 0) is 99.4 Å². The Bertz CT molecular complexity index is 4630. The number of aliphatic carboxylic acids is 1. The molecular formula is C77H82F6N6O18S2. The Labute approximate surface area is 626 Å². The second-order valence-corrected chi connectivity index (χ2v) is 28.4. The maximum Gasteiger partial charge on any atom is 0.516 e. The molecule has 2 amide bonds. The van der Waals surface area contributed by atoms with E-state index in [0.29, 0.717) is 92.6 Å². The quantitative estimate of drug-likeness (QED) is 0.0121. The van der Waals surface area contributed by atoms with Crippen LogP contribution in [0.1, 0.15) is 150 Å². The summed E-state index contributed by atoms with van der Waals surface area (Å²) in [6.45, 7) is 5.71. The van der Waals surface area contributed by atoms with E-state index in [1.165, 1.54) is 36.4 Å². The molecule has 5 aromatic carbocycles. The second kappa shape index (κ2) is 38.1. The maximum atomic E-state index is 14.2. The summed E-state index contributed by atoms with van der Waals surface area (Å²) in [5.41, 5.74) is -0.792. The SMILES string of the molecule is C.CCC[C@@]1(CCc2ccccc2)CC(OC(=O)NCC(=O)O)=C([C@H](CC)c2cccc(NS(=O)(=O)c3ccc(C(F)(F)F)cn3)c2)C(=O)O1.CCC[C@@]1(CCc2ccccc2)CC(OC(=O)NCC(=O)OC(=O)OCc2ccccc2)=C([C@H](CC)c2cccc(NS(=O)(=O)c3ccc(C(F)(F)F)cn3)c2)C(=O)O1. The number of nitrogens with one attached hydrogen (secondary N) is 4. The molecule has 0 saturated heterocycles. The standard InChI is InChI=1S/C42H42F3N3O10S.C34H36F3N3O8S.CH4/c1-3-21-41(22-20-28-12-7-5-8-13-28)24-34(56-39(51)47-26-36(49)57-40(52)55-27-29-14-9-6-10-15-29)37(38(50)58-41)33(4-2)30-16-11-17-32(23-30)48-59(53,54)35-19-18-31(25-46-35)42(43,44)45;1-3-16-33(17-15-22-9-6-5-7-10-22)19-27(47-32(44)39-21-29(41)42)30(31(43)48-33)26(4-2)23-11-8-12-25(18-23)40-49(45,46)28-14-13-24(20-38-28)34(35,36)37;/h5-19,23,25,33,48H,3-4,20-22,24,26-27H2,1-2H3,(H,47,51);5-14,18,20,26,40H,3-4,15-17,19,21H2,1-2H3,(H,39,44)(H,41,42);1H4/t33-,41-;26-,33-;/m11./s1. The molecule has 0 saturated carbocycles. The van der Waals surface area contributed by atoms with Gasteiger partial charge < -0.3 is 44.2 Å². The zero-order valence-electron chi connectivity index (χ0n) is 58.9. The summed E-state index contributed by atoms with van der Waals surface area (Å²) < 4.78 is 168. The molecule has 0 aliphatic carbocycles. The van der Waals surface area contributed by atoms with Gasteiger partial charge in [0.2, 0.25) is 0 Å². The van der Waals surface area contributed by atoms with Crippen molar-refractivity contribution in [3.63, 3.8) is 0 Å². The molecule has 2 aliphatic rings. The van der Waals surface area contributed by atoms with Crippen LogP contribution >= 0.6 is 0 Å². The van der Waals surface area contributed by atoms with E-state index in [9.17, 15) is 76.7 Å². The number of ether oxygens (including phenoxy) is 6. The molecule has 4 atom stereocenters. The summed E-state index contributed by atoms with van der Waals surface area (Å²) in [5.74, 6) is -5.56. The first kappa shape index (κ1) is 85.1. The number of rotatable bonds is 30. The topological polar surface area (TPSA) is 337 Å². The minimum atomic E-state index is -4.72. The van der Waals surface area contributed by atoms with Crippen molar-refractivity contribution >= 4 is 73.6 Å². The van der Waals surface area contributed by atoms with Gasteiger partial charge in [-0.05, 0) is 128 Å². The number of esters is 3. The summed E-state index contributed by atoms with van der Waals surface area (Å²) in [6.07, 6.45) is -7.54. The Morgan fingerprint density at radius 1 is 0.532 bits per heavy atom. The van der Waals surface area contributed by atoms with Crippen molar-refractivity contribution in [2.75, 3.05) is 22.5 Å². The van der Waals surface area contributed by atoms with Crippen LogP contribution < -0.4 is 20.1 Å². The van der Waals surface area contributed by atoms with Crippen molar-refractivity contribution in [1.82, 2.24) is 20.6 Å². The summed E-state index contributed by atoms with van der Waals surface area (Å²) in [4.78, 5) is 96.7. The van der Waals surface area contributed by atoms with Gasteiger partial charge in [0.15, 0.2) is 10.1 Å². The Kier molecular flexibility index (Phi) is 29.7. The number of hydrogen-bond acceptors (Lipinski definition) is 19. The van der Waals surface area contributed by atoms with Gasteiger partial charge in [-0.3, -0.25) is 14.2 Å². The lowest BCUT2D eigenvalue weighted by Gasteiger charge is -2.39. The average Bonchev–Trinajstić information content (AvgIpc) is 0.771. The molecule has 0 bridgehead atoms. The van der Waals surface area contributed by atoms with Gasteiger partial charge in [0, 0.05) is 48.4 Å². The highest BCUT2D eigenvalue weighted by Crippen LogP contribution is 2.46. The molecular weight excluding hydrogens is 1470 g/mol. The van der Waals surface area contributed by atoms with Crippen molar-refractivity contribution in [3.05, 3.63) is 238 Å². The third-order valence-corrected chi connectivity index (χ3v) is 19.9. The number of carbonyl (C=O) groups is 7. The molecule has 4 heterocycles. The molecule has 7 aromatic rings. The van der Waals surface area contributed by atoms with Gasteiger partial charge in [-0.15, -0.1) is 0 Å². The number of alkyl halides is 6. The van der Waals surface area contributed by atoms with E-state index in [4.69, 9.17) is 28.8 Å². The number of carbonyl (C=O) groups excluding carboxylic acids is 6. The van der Waals surface area contributed by atoms with E-state index in [-0.39, 0.29) is 73.8 Å². The number of aryl methyl sites for hydroxylation is 2. The first-order valence-corrected chi connectivity index (χ1v) is 37.1. The van der Waals surface area contributed by atoms with Crippen molar-refractivity contribution in [2.24, 2.45) is 0 Å². The number of pyridine rings is 2. The summed E-state index contributed by atoms with van der Waals surface area (Å²) in [5, 5.41) is 12.1. The fraction of sp³-hybridized carbons (Fsp3) is 0.338. The Balaban J connectivity index is 0.000000306. The second-order valence-electron chi connectivity index (χ2n) is 25.2. The van der Waals surface area contributed by atoms with E-state index in [2.05, 4.69) is 34.8 Å². The number of alkyl carbamates (subject to hydrolysis) is 2. The van der Waals surface area contributed by atoms with Crippen LogP contribution in [0.25, 0.3) is 0 Å². The van der Waals surface area contributed by atoms with Crippen LogP contribution in [0.5, 0.6) is 0 Å². The highest BCUT2D eigenvalue weighted by atomic mass is 32.2. The number of nitrogens with zero attached hydrogens (tertiary/aromatic N) is 2. The van der Waals surface area contributed by atoms with E-state index >= 15 is 0 Å². The molecule has 109 heavy (non-hydrogen) atoms. The summed E-state index contributed by atoms with van der Waals surface area (Å²) in [7, 11) is -8.86. The molecule has 2 aliphatic heterocycles. The number of sulfonamides is 2. The van der Waals surface area contributed by atoms with Crippen LogP contribution in [0.4, 0.5) is 52.1 Å². The predicted octanol–water partition coefficient (Wildman–Crippen LogP) is 15.6. The lowest BCUT2D eigenvalue weighted by Crippen LogP contribution is -2.43. The first-order chi connectivity index (χ1) is 51.3. The lowest BCUT2D eigenvalue weighted by molar-refractivity contribution is -0.162. The number of anilines is 2. The number of hydrogen-bond donors (Lipinski definition) is 5. The Morgan fingerprint density at radius 2 is 0.927 bits per heavy atom. The Morgan fingerprint density at radius 3 is 1.28 bits per heavy atom. The van der Waals surface area contributed by atoms with E-state index in [1.807, 2.05) is 74.5 Å². The third kappa shape index (κ3) is 24.2. The van der Waals surface area contributed by atoms with Crippen LogP contribution in [0.3, 0.4) is 0 Å². The first-order valence-electron chi connectivity index (χ1n) is 34.1. The zero-order chi connectivity index (χ0) is 78.5. The number of carboxylic acid groups (broad SMARTS) is 1. The van der Waals surface area contributed by atoms with Gasteiger partial charge >= 0.3 is 54.6 Å². The van der Waals surface area contributed by atoms with E-state index in [1.54, 1.807) is 56.3 Å². The number of cyclic esters (lactones) is 2. The molecule has 0 spiro atoms. The molecule has 0 unspecified atom stereocenters. The minimum Gasteiger partial charge on any atom is -0.480 e. The van der Waals surface area contributed by atoms with Gasteiger partial charge in [0.1, 0.15) is 42.4 Å². The van der Waals surface area contributed by atoms with Crippen molar-refractivity contribution in [1.29, 1.82) is 0 Å². The van der Waals surface area contributed by atoms with Gasteiger partial charge in [-0.2, -0.15) is 43.2 Å². The third-order valence-electron chi connectivity index (χ3n) is 17.3. The van der Waals surface area contributed by atoms with Crippen LogP contribution in [0.2, 0.25) is 0 Å². The van der Waals surface area contributed by atoms with Crippen LogP contribution in [0, 0.1) is 0 Å². The van der Waals surface area contributed by atoms with Crippen LogP contribution in [0.15, 0.2) is 209 Å². The average molecular weight is 1560 g/mol. The molecule has 9 rings (SSSR count). The highest BCUT2D eigenvalue weighted by molar-refractivity contribution is 7.93. The monoisotopic (exact) mass is 1560 g/mol. The normalized spacial score (nSPS) is 16.4. The van der Waals surface area contributed by atoms with Crippen molar-refractivity contribution in [3.8, 4) is 0 Å². The molecule has 582 valence electrons. The predicted molar refractivity (Wildman–Crippen MR) is 385 cm³/mol. The highest BCUT2D eigenvalue weighted by Gasteiger charge is 2.47. The molecule has 24 nitrogen and oxygen atoms in total. The number of halogens is 6. The molecule has 0 fully saturated rings. The number of amides is 2. The molecule has 2 aromatic heterocycles. The maximum absolute atomic E-state index is 14.2. The number of benzene rings is 5. The van der Waals surface area contributed by atoms with Gasteiger partial charge in [-0.25, -0.2) is 38.7 Å². The van der Waals surface area contributed by atoms with Gasteiger partial charge in [-0.1, -0.05) is 163 Å². The van der Waals surface area contributed by atoms with E-state index in [0.717, 1.165) is 23.3 Å². The zero-order valence-corrected chi connectivity index (χ0v) is 60.5. The van der Waals surface area contributed by atoms with Gasteiger partial charge in [0.05, 0.1) is 22.3 Å². The largest absolute Gasteiger partial charge is 0.516 e. The smallest absolute Gasteiger partial charge is 0.480 e. The van der Waals surface area contributed by atoms with Crippen molar-refractivity contribution in [2.45, 2.75) is 164 Å².